The topological polar surface area (TPSA) is 59.3 Å². The fourth-order valence-electron chi connectivity index (χ4n) is 2.03. The van der Waals surface area contributed by atoms with Gasteiger partial charge in [0, 0.05) is 32.0 Å². The molecule has 1 aliphatic heterocycles. The van der Waals surface area contributed by atoms with Crippen molar-refractivity contribution in [3.8, 4) is 0 Å². The molecule has 0 amide bonds. The van der Waals surface area contributed by atoms with Gasteiger partial charge in [0.25, 0.3) is 11.6 Å². The van der Waals surface area contributed by atoms with Crippen LogP contribution in [-0.2, 0) is 0 Å². The van der Waals surface area contributed by atoms with Crippen LogP contribution in [0.2, 0.25) is 0 Å². The number of piperidine rings is 1. The van der Waals surface area contributed by atoms with E-state index in [1.165, 1.54) is 6.07 Å². The minimum absolute atomic E-state index is 0.0846. The highest BCUT2D eigenvalue weighted by Gasteiger charge is 2.34. The minimum atomic E-state index is -2.61. The van der Waals surface area contributed by atoms with Gasteiger partial charge in [0.15, 0.2) is 0 Å². The number of alkyl halides is 2. The van der Waals surface area contributed by atoms with Gasteiger partial charge in [0.2, 0.25) is 0 Å². The highest BCUT2D eigenvalue weighted by molar-refractivity contribution is 5.50. The molecule has 0 N–H and O–H groups in total. The Morgan fingerprint density at radius 1 is 1.44 bits per heavy atom. The standard InChI is InChI=1S/C11H13F2N3O2/c1-8-6-9(16(17)18)7-14-10(8)15-4-2-11(12,13)3-5-15/h6-7H,2-5H2,1H3. The van der Waals surface area contributed by atoms with Crippen LogP contribution in [0.3, 0.4) is 0 Å². The lowest BCUT2D eigenvalue weighted by molar-refractivity contribution is -0.385. The zero-order valence-corrected chi connectivity index (χ0v) is 9.90. The number of nitrogens with zero attached hydrogens (tertiary/aromatic N) is 3. The molecule has 1 aromatic heterocycles. The lowest BCUT2D eigenvalue weighted by Crippen LogP contribution is -2.40. The summed E-state index contributed by atoms with van der Waals surface area (Å²) in [5.74, 6) is -2.05. The molecule has 98 valence electrons. The average molecular weight is 257 g/mol. The summed E-state index contributed by atoms with van der Waals surface area (Å²) in [5.41, 5.74) is 0.549. The summed E-state index contributed by atoms with van der Waals surface area (Å²) in [6.07, 6.45) is 0.755. The molecule has 1 aliphatic rings. The molecule has 1 aromatic rings. The molecule has 0 aromatic carbocycles. The Labute approximate surface area is 103 Å². The van der Waals surface area contributed by atoms with Gasteiger partial charge >= 0.3 is 0 Å². The first-order valence-corrected chi connectivity index (χ1v) is 5.63. The second-order valence-corrected chi connectivity index (χ2v) is 4.43. The third kappa shape index (κ3) is 2.55. The molecule has 7 heteroatoms. The molecule has 0 bridgehead atoms. The van der Waals surface area contributed by atoms with Gasteiger partial charge in [-0.05, 0) is 12.5 Å². The van der Waals surface area contributed by atoms with Gasteiger partial charge in [-0.15, -0.1) is 0 Å². The van der Waals surface area contributed by atoms with E-state index in [0.717, 1.165) is 6.20 Å². The monoisotopic (exact) mass is 257 g/mol. The number of nitro groups is 1. The van der Waals surface area contributed by atoms with Gasteiger partial charge in [-0.25, -0.2) is 13.8 Å². The van der Waals surface area contributed by atoms with Gasteiger partial charge in [0.1, 0.15) is 12.0 Å². The fraction of sp³-hybridized carbons (Fsp3) is 0.545. The van der Waals surface area contributed by atoms with E-state index in [1.807, 2.05) is 0 Å². The zero-order valence-electron chi connectivity index (χ0n) is 9.90. The summed E-state index contributed by atoms with van der Waals surface area (Å²) >= 11 is 0. The maximum atomic E-state index is 13.0. The lowest BCUT2D eigenvalue weighted by Gasteiger charge is -2.33. The first-order valence-electron chi connectivity index (χ1n) is 5.63. The molecular weight excluding hydrogens is 244 g/mol. The van der Waals surface area contributed by atoms with Crippen molar-refractivity contribution in [1.82, 2.24) is 4.98 Å². The maximum absolute atomic E-state index is 13.0. The van der Waals surface area contributed by atoms with Crippen LogP contribution < -0.4 is 4.90 Å². The highest BCUT2D eigenvalue weighted by atomic mass is 19.3. The Hall–Kier alpha value is -1.79. The molecule has 0 saturated carbocycles. The summed E-state index contributed by atoms with van der Waals surface area (Å²) in [6.45, 7) is 2.14. The summed E-state index contributed by atoms with van der Waals surface area (Å²) in [5, 5.41) is 10.6. The summed E-state index contributed by atoms with van der Waals surface area (Å²) in [7, 11) is 0. The van der Waals surface area contributed by atoms with E-state index < -0.39 is 10.8 Å². The summed E-state index contributed by atoms with van der Waals surface area (Å²) in [4.78, 5) is 15.8. The Kier molecular flexibility index (Phi) is 3.14. The average Bonchev–Trinajstić information content (AvgIpc) is 2.29. The van der Waals surface area contributed by atoms with E-state index >= 15 is 0 Å². The van der Waals surface area contributed by atoms with E-state index in [9.17, 15) is 18.9 Å². The first-order chi connectivity index (χ1) is 8.39. The molecule has 18 heavy (non-hydrogen) atoms. The van der Waals surface area contributed by atoms with Crippen LogP contribution in [0.1, 0.15) is 18.4 Å². The SMILES string of the molecule is Cc1cc([N+](=O)[O-])cnc1N1CCC(F)(F)CC1. The predicted octanol–water partition coefficient (Wildman–Crippen LogP) is 2.53. The van der Waals surface area contributed by atoms with Crippen molar-refractivity contribution in [2.24, 2.45) is 0 Å². The van der Waals surface area contributed by atoms with Crippen molar-refractivity contribution < 1.29 is 13.7 Å². The normalized spacial score (nSPS) is 18.7. The van der Waals surface area contributed by atoms with Gasteiger partial charge in [-0.2, -0.15) is 0 Å². The van der Waals surface area contributed by atoms with Gasteiger partial charge < -0.3 is 4.90 Å². The maximum Gasteiger partial charge on any atom is 0.287 e. The Morgan fingerprint density at radius 2 is 2.06 bits per heavy atom. The molecule has 2 heterocycles. The summed E-state index contributed by atoms with van der Waals surface area (Å²) in [6, 6.07) is 1.41. The van der Waals surface area contributed by atoms with Crippen LogP contribution >= 0.6 is 0 Å². The van der Waals surface area contributed by atoms with Crippen molar-refractivity contribution in [3.05, 3.63) is 27.9 Å². The number of pyridine rings is 1. The fourth-order valence-corrected chi connectivity index (χ4v) is 2.03. The van der Waals surface area contributed by atoms with Crippen LogP contribution in [0.15, 0.2) is 12.3 Å². The van der Waals surface area contributed by atoms with E-state index in [0.29, 0.717) is 11.4 Å². The number of anilines is 1. The molecule has 0 radical (unpaired) electrons. The van der Waals surface area contributed by atoms with Crippen molar-refractivity contribution >= 4 is 11.5 Å². The number of hydrogen-bond acceptors (Lipinski definition) is 4. The smallest absolute Gasteiger partial charge is 0.287 e. The van der Waals surface area contributed by atoms with E-state index in [4.69, 9.17) is 0 Å². The highest BCUT2D eigenvalue weighted by Crippen LogP contribution is 2.31. The molecule has 2 rings (SSSR count). The van der Waals surface area contributed by atoms with Gasteiger partial charge in [-0.1, -0.05) is 0 Å². The van der Waals surface area contributed by atoms with Crippen LogP contribution in [0, 0.1) is 17.0 Å². The molecule has 1 saturated heterocycles. The quantitative estimate of drug-likeness (QED) is 0.603. The number of aromatic nitrogens is 1. The third-order valence-electron chi connectivity index (χ3n) is 3.04. The number of hydrogen-bond donors (Lipinski definition) is 0. The third-order valence-corrected chi connectivity index (χ3v) is 3.04. The zero-order chi connectivity index (χ0) is 13.3. The molecule has 5 nitrogen and oxygen atoms in total. The van der Waals surface area contributed by atoms with Crippen LogP contribution in [-0.4, -0.2) is 28.9 Å². The molecule has 0 aliphatic carbocycles. The van der Waals surface area contributed by atoms with Gasteiger partial charge in [0.05, 0.1) is 4.92 Å². The molecule has 1 fully saturated rings. The molecule has 0 spiro atoms. The molecule has 0 unspecified atom stereocenters. The van der Waals surface area contributed by atoms with Crippen LogP contribution in [0.5, 0.6) is 0 Å². The number of rotatable bonds is 2. The summed E-state index contributed by atoms with van der Waals surface area (Å²) < 4.78 is 26.1. The number of aryl methyl sites for hydroxylation is 1. The molecular formula is C11H13F2N3O2. The van der Waals surface area contributed by atoms with Gasteiger partial charge in [-0.3, -0.25) is 10.1 Å². The molecule has 0 atom stereocenters. The Balaban J connectivity index is 2.17. The minimum Gasteiger partial charge on any atom is -0.356 e. The Morgan fingerprint density at radius 3 is 2.56 bits per heavy atom. The van der Waals surface area contributed by atoms with Crippen molar-refractivity contribution in [3.63, 3.8) is 0 Å². The predicted molar refractivity (Wildman–Crippen MR) is 62.0 cm³/mol. The first kappa shape index (κ1) is 12.7. The second kappa shape index (κ2) is 4.47. The lowest BCUT2D eigenvalue weighted by atomic mass is 10.1. The van der Waals surface area contributed by atoms with Crippen LogP contribution in [0.4, 0.5) is 20.3 Å². The van der Waals surface area contributed by atoms with Crippen molar-refractivity contribution in [2.75, 3.05) is 18.0 Å². The van der Waals surface area contributed by atoms with E-state index in [2.05, 4.69) is 4.98 Å². The van der Waals surface area contributed by atoms with Crippen LogP contribution in [0.25, 0.3) is 0 Å². The largest absolute Gasteiger partial charge is 0.356 e. The number of halogens is 2. The van der Waals surface area contributed by atoms with Crippen molar-refractivity contribution in [1.29, 1.82) is 0 Å². The van der Waals surface area contributed by atoms with E-state index in [-0.39, 0.29) is 31.6 Å². The van der Waals surface area contributed by atoms with Crippen molar-refractivity contribution in [2.45, 2.75) is 25.7 Å². The van der Waals surface area contributed by atoms with E-state index in [1.54, 1.807) is 11.8 Å². The Bertz CT molecular complexity index is 469. The second-order valence-electron chi connectivity index (χ2n) is 4.43.